The van der Waals surface area contributed by atoms with Crippen LogP contribution in [0.25, 0.3) is 21.1 Å². The van der Waals surface area contributed by atoms with Gasteiger partial charge in [0.15, 0.2) is 0 Å². The summed E-state index contributed by atoms with van der Waals surface area (Å²) in [5.74, 6) is 0. The van der Waals surface area contributed by atoms with E-state index < -0.39 is 12.6 Å². The van der Waals surface area contributed by atoms with E-state index in [9.17, 15) is 13.2 Å². The van der Waals surface area contributed by atoms with Crippen LogP contribution in [0.5, 0.6) is 0 Å². The lowest BCUT2D eigenvalue weighted by Crippen LogP contribution is -2.38. The molecule has 1 aliphatic heterocycles. The molecule has 3 aromatic heterocycles. The number of benzene rings is 1. The van der Waals surface area contributed by atoms with E-state index in [0.29, 0.717) is 11.4 Å². The number of piperidine rings is 1. The molecule has 0 bridgehead atoms. The number of aryl methyl sites for hydroxylation is 1. The van der Waals surface area contributed by atoms with Gasteiger partial charge in [-0.25, -0.2) is 4.98 Å². The number of hydrogen-bond acceptors (Lipinski definition) is 5. The Bertz CT molecular complexity index is 1320. The number of aromatic amines is 1. The Morgan fingerprint density at radius 1 is 1.20 bits per heavy atom. The minimum atomic E-state index is -4.24. The molecular weight excluding hydrogens is 473 g/mol. The fourth-order valence-electron chi connectivity index (χ4n) is 4.92. The Balaban J connectivity index is 1.27. The van der Waals surface area contributed by atoms with Gasteiger partial charge in [0.2, 0.25) is 0 Å². The van der Waals surface area contributed by atoms with Crippen molar-refractivity contribution < 1.29 is 17.9 Å². The lowest BCUT2D eigenvalue weighted by atomic mass is 10.0. The molecular formula is C26H29F3N4OS. The SMILES string of the molecule is COCc1cnc2sc(CC(F)(F)F)cc2c1NC1CCN(Cc2ccc3[nH]c(C)cc3c2)CC1. The van der Waals surface area contributed by atoms with Crippen LogP contribution in [0.15, 0.2) is 36.5 Å². The fraction of sp³-hybridized carbons (Fsp3) is 0.423. The van der Waals surface area contributed by atoms with E-state index in [1.165, 1.54) is 16.6 Å². The van der Waals surface area contributed by atoms with Crippen LogP contribution in [0.3, 0.4) is 0 Å². The molecule has 5 rings (SSSR count). The van der Waals surface area contributed by atoms with Crippen LogP contribution in [0.4, 0.5) is 18.9 Å². The average Bonchev–Trinajstić information content (AvgIpc) is 3.37. The zero-order chi connectivity index (χ0) is 24.6. The van der Waals surface area contributed by atoms with Gasteiger partial charge >= 0.3 is 6.18 Å². The molecule has 0 atom stereocenters. The molecule has 4 aromatic rings. The van der Waals surface area contributed by atoms with E-state index in [2.05, 4.69) is 51.4 Å². The summed E-state index contributed by atoms with van der Waals surface area (Å²) in [7, 11) is 1.61. The van der Waals surface area contributed by atoms with Crippen molar-refractivity contribution in [3.63, 3.8) is 0 Å². The van der Waals surface area contributed by atoms with Crippen LogP contribution in [0, 0.1) is 6.92 Å². The van der Waals surface area contributed by atoms with Crippen LogP contribution in [-0.2, 0) is 24.3 Å². The van der Waals surface area contributed by atoms with E-state index in [1.807, 2.05) is 0 Å². The molecule has 1 aliphatic rings. The number of alkyl halides is 3. The van der Waals surface area contributed by atoms with E-state index in [-0.39, 0.29) is 10.9 Å². The molecule has 1 aromatic carbocycles. The quantitative estimate of drug-likeness (QED) is 0.307. The number of nitrogens with zero attached hydrogens (tertiary/aromatic N) is 2. The van der Waals surface area contributed by atoms with Gasteiger partial charge in [-0.15, -0.1) is 11.3 Å². The Morgan fingerprint density at radius 2 is 2.00 bits per heavy atom. The first kappa shape index (κ1) is 24.1. The van der Waals surface area contributed by atoms with Gasteiger partial charge in [0, 0.05) is 66.0 Å². The molecule has 0 saturated carbocycles. The number of ether oxygens (including phenoxy) is 1. The Hall–Kier alpha value is -2.62. The number of fused-ring (bicyclic) bond motifs is 2. The Morgan fingerprint density at radius 3 is 2.74 bits per heavy atom. The Kier molecular flexibility index (Phi) is 6.74. The number of halogens is 3. The number of methoxy groups -OCH3 is 1. The van der Waals surface area contributed by atoms with E-state index in [0.717, 1.165) is 66.0 Å². The summed E-state index contributed by atoms with van der Waals surface area (Å²) in [5.41, 5.74) is 5.36. The van der Waals surface area contributed by atoms with Crippen LogP contribution in [-0.4, -0.2) is 47.3 Å². The topological polar surface area (TPSA) is 53.2 Å². The fourth-order valence-corrected chi connectivity index (χ4v) is 5.96. The zero-order valence-corrected chi connectivity index (χ0v) is 20.7. The first-order chi connectivity index (χ1) is 16.8. The molecule has 0 radical (unpaired) electrons. The van der Waals surface area contributed by atoms with Gasteiger partial charge in [-0.2, -0.15) is 13.2 Å². The lowest BCUT2D eigenvalue weighted by molar-refractivity contribution is -0.126. The summed E-state index contributed by atoms with van der Waals surface area (Å²) in [6.07, 6.45) is -1.53. The van der Waals surface area contributed by atoms with Crippen LogP contribution in [0.1, 0.15) is 34.5 Å². The highest BCUT2D eigenvalue weighted by molar-refractivity contribution is 7.18. The maximum atomic E-state index is 13.0. The monoisotopic (exact) mass is 502 g/mol. The van der Waals surface area contributed by atoms with Gasteiger partial charge in [0.05, 0.1) is 18.7 Å². The number of hydrogen-bond donors (Lipinski definition) is 2. The first-order valence-corrected chi connectivity index (χ1v) is 12.6. The standard InChI is InChI=1S/C26H29F3N4OS/c1-16-9-18-10-17(3-4-23(18)31-16)14-33-7-5-20(6-8-33)32-24-19(15-34-2)13-30-25-22(24)11-21(35-25)12-26(27,28)29/h3-4,9-11,13,20,31H,5-8,12,14-15H2,1-2H3,(H,30,32). The molecule has 1 saturated heterocycles. The van der Waals surface area contributed by atoms with E-state index >= 15 is 0 Å². The number of nitrogens with one attached hydrogen (secondary N) is 2. The van der Waals surface area contributed by atoms with Crippen molar-refractivity contribution in [1.82, 2.24) is 14.9 Å². The summed E-state index contributed by atoms with van der Waals surface area (Å²) >= 11 is 1.11. The number of rotatable bonds is 7. The minimum absolute atomic E-state index is 0.244. The van der Waals surface area contributed by atoms with E-state index in [4.69, 9.17) is 4.74 Å². The van der Waals surface area contributed by atoms with Gasteiger partial charge in [-0.05, 0) is 55.0 Å². The van der Waals surface area contributed by atoms with Crippen molar-refractivity contribution in [2.45, 2.75) is 51.6 Å². The Labute approximate surface area is 206 Å². The third-order valence-corrected chi connectivity index (χ3v) is 7.57. The van der Waals surface area contributed by atoms with Gasteiger partial charge in [0.25, 0.3) is 0 Å². The predicted molar refractivity (Wildman–Crippen MR) is 135 cm³/mol. The molecule has 0 spiro atoms. The normalized spacial score (nSPS) is 15.9. The third-order valence-electron chi connectivity index (χ3n) is 6.53. The second-order valence-corrected chi connectivity index (χ2v) is 10.5. The highest BCUT2D eigenvalue weighted by atomic mass is 32.1. The maximum absolute atomic E-state index is 13.0. The van der Waals surface area contributed by atoms with Crippen LogP contribution in [0.2, 0.25) is 0 Å². The van der Waals surface area contributed by atoms with Gasteiger partial charge in [-0.3, -0.25) is 4.90 Å². The number of likely N-dealkylation sites (tertiary alicyclic amines) is 1. The molecule has 35 heavy (non-hydrogen) atoms. The molecule has 9 heteroatoms. The first-order valence-electron chi connectivity index (χ1n) is 11.8. The number of aromatic nitrogens is 2. The largest absolute Gasteiger partial charge is 0.393 e. The smallest absolute Gasteiger partial charge is 0.381 e. The summed E-state index contributed by atoms with van der Waals surface area (Å²) in [6.45, 7) is 5.25. The van der Waals surface area contributed by atoms with Gasteiger partial charge in [0.1, 0.15) is 4.83 Å². The average molecular weight is 503 g/mol. The van der Waals surface area contributed by atoms with Crippen molar-refractivity contribution in [2.24, 2.45) is 0 Å². The summed E-state index contributed by atoms with van der Waals surface area (Å²) < 4.78 is 44.2. The number of pyridine rings is 1. The lowest BCUT2D eigenvalue weighted by Gasteiger charge is -2.33. The highest BCUT2D eigenvalue weighted by Gasteiger charge is 2.29. The van der Waals surface area contributed by atoms with Crippen LogP contribution >= 0.6 is 11.3 Å². The van der Waals surface area contributed by atoms with Gasteiger partial charge < -0.3 is 15.0 Å². The molecule has 0 aliphatic carbocycles. The maximum Gasteiger partial charge on any atom is 0.393 e. The molecule has 0 amide bonds. The van der Waals surface area contributed by atoms with Crippen molar-refractivity contribution >= 4 is 38.1 Å². The predicted octanol–water partition coefficient (Wildman–Crippen LogP) is 6.41. The second-order valence-electron chi connectivity index (χ2n) is 9.38. The molecule has 186 valence electrons. The second kappa shape index (κ2) is 9.79. The highest BCUT2D eigenvalue weighted by Crippen LogP contribution is 2.36. The van der Waals surface area contributed by atoms with Crippen molar-refractivity contribution in [3.05, 3.63) is 58.2 Å². The van der Waals surface area contributed by atoms with Crippen molar-refractivity contribution in [1.29, 1.82) is 0 Å². The molecule has 4 heterocycles. The van der Waals surface area contributed by atoms with E-state index in [1.54, 1.807) is 19.4 Å². The number of thiophene rings is 1. The summed E-state index contributed by atoms with van der Waals surface area (Å²) in [4.78, 5) is 11.1. The minimum Gasteiger partial charge on any atom is -0.381 e. The molecule has 1 fully saturated rings. The molecule has 5 nitrogen and oxygen atoms in total. The number of H-pyrrole nitrogens is 1. The summed E-state index contributed by atoms with van der Waals surface area (Å²) in [6, 6.07) is 10.6. The van der Waals surface area contributed by atoms with Crippen molar-refractivity contribution in [2.75, 3.05) is 25.5 Å². The van der Waals surface area contributed by atoms with Gasteiger partial charge in [-0.1, -0.05) is 6.07 Å². The zero-order valence-electron chi connectivity index (χ0n) is 19.8. The third kappa shape index (κ3) is 5.63. The van der Waals surface area contributed by atoms with Crippen molar-refractivity contribution in [3.8, 4) is 0 Å². The number of anilines is 1. The van der Waals surface area contributed by atoms with Crippen LogP contribution < -0.4 is 5.32 Å². The molecule has 2 N–H and O–H groups in total. The molecule has 0 unspecified atom stereocenters. The summed E-state index contributed by atoms with van der Waals surface area (Å²) in [5, 5.41) is 5.63.